The zero-order chi connectivity index (χ0) is 52.6. The lowest BCUT2D eigenvalue weighted by molar-refractivity contribution is -0.129. The number of ether oxygens (including phenoxy) is 2. The van der Waals surface area contributed by atoms with Crippen LogP contribution in [0.25, 0.3) is 22.3 Å². The minimum Gasteiger partial charge on any atom is -0.381 e. The van der Waals surface area contributed by atoms with Crippen LogP contribution in [0, 0.1) is 25.7 Å². The van der Waals surface area contributed by atoms with Crippen LogP contribution in [-0.4, -0.2) is 83.1 Å². The average molecular weight is 1010 g/mol. The molecule has 4 aliphatic heterocycles. The number of pyridine rings is 4. The SMILES string of the molecule is CCN1C(=O)[C@@H]2COCC[C@@H]2c2cc(-c3cc(NC(=O)c4ccnc(C(C)(F)F)c4)ccc3C)cnc21.CCN1C(=O)[C@H]2COCC[C@H]2c2cc(-c3cc(NC(=O)c4ccnc(C(C)(F)F)c4)ccc3C)cnc21. The van der Waals surface area contributed by atoms with Gasteiger partial charge in [-0.1, -0.05) is 12.1 Å². The first-order valence-electron chi connectivity index (χ1n) is 24.7. The van der Waals surface area contributed by atoms with E-state index in [0.29, 0.717) is 62.5 Å². The molecule has 2 aromatic carbocycles. The summed E-state index contributed by atoms with van der Waals surface area (Å²) in [4.78, 5) is 71.9. The van der Waals surface area contributed by atoms with Crippen LogP contribution in [0.5, 0.6) is 0 Å². The van der Waals surface area contributed by atoms with E-state index in [1.807, 2.05) is 52.0 Å². The van der Waals surface area contributed by atoms with E-state index in [1.54, 1.807) is 34.3 Å². The number of nitrogens with one attached hydrogen (secondary N) is 2. The van der Waals surface area contributed by atoms with E-state index in [2.05, 4.69) is 32.7 Å². The van der Waals surface area contributed by atoms with Gasteiger partial charge in [0, 0.05) is 110 Å². The fourth-order valence-electron chi connectivity index (χ4n) is 10.2. The third kappa shape index (κ3) is 10.4. The average Bonchev–Trinajstić information content (AvgIpc) is 3.40. The lowest BCUT2D eigenvalue weighted by Gasteiger charge is -2.40. The van der Waals surface area contributed by atoms with Crippen molar-refractivity contribution < 1.29 is 46.2 Å². The Kier molecular flexibility index (Phi) is 14.5. The van der Waals surface area contributed by atoms with Crippen LogP contribution in [-0.2, 0) is 30.9 Å². The number of fused-ring (bicyclic) bond motifs is 6. The second-order valence-corrected chi connectivity index (χ2v) is 19.2. The highest BCUT2D eigenvalue weighted by molar-refractivity contribution is 6.06. The maximum atomic E-state index is 13.7. The highest BCUT2D eigenvalue weighted by Crippen LogP contribution is 2.46. The largest absolute Gasteiger partial charge is 0.381 e. The van der Waals surface area contributed by atoms with Crippen molar-refractivity contribution in [3.63, 3.8) is 0 Å². The Morgan fingerprint density at radius 2 is 1.00 bits per heavy atom. The Morgan fingerprint density at radius 1 is 0.595 bits per heavy atom. The lowest BCUT2D eigenvalue weighted by Crippen LogP contribution is -2.47. The molecule has 0 unspecified atom stereocenters. The third-order valence-electron chi connectivity index (χ3n) is 14.2. The number of nitrogens with zero attached hydrogens (tertiary/aromatic N) is 6. The monoisotopic (exact) mass is 1010 g/mol. The molecule has 2 fully saturated rings. The normalized spacial score (nSPS) is 19.3. The molecule has 14 nitrogen and oxygen atoms in total. The molecule has 2 N–H and O–H groups in total. The summed E-state index contributed by atoms with van der Waals surface area (Å²) in [5.41, 5.74) is 7.87. The molecular weight excluding hydrogens is 957 g/mol. The molecule has 0 saturated carbocycles. The summed E-state index contributed by atoms with van der Waals surface area (Å²) in [5, 5.41) is 5.60. The number of aromatic nitrogens is 4. The Labute approximate surface area is 425 Å². The van der Waals surface area contributed by atoms with Crippen LogP contribution < -0.4 is 20.4 Å². The summed E-state index contributed by atoms with van der Waals surface area (Å²) in [6, 6.07) is 20.2. The van der Waals surface area contributed by atoms with Crippen LogP contribution in [0.3, 0.4) is 0 Å². The highest BCUT2D eigenvalue weighted by Gasteiger charge is 2.44. The number of hydrogen-bond donors (Lipinski definition) is 2. The zero-order valence-corrected chi connectivity index (χ0v) is 41.8. The molecule has 4 aliphatic rings. The van der Waals surface area contributed by atoms with E-state index in [1.165, 1.54) is 24.5 Å². The Balaban J connectivity index is 0.000000182. The van der Waals surface area contributed by atoms with Gasteiger partial charge in [0.2, 0.25) is 11.8 Å². The predicted molar refractivity (Wildman–Crippen MR) is 272 cm³/mol. The smallest absolute Gasteiger partial charge is 0.286 e. The molecule has 8 heterocycles. The number of hydrogen-bond acceptors (Lipinski definition) is 10. The van der Waals surface area contributed by atoms with Crippen molar-refractivity contribution in [2.24, 2.45) is 11.8 Å². The first-order chi connectivity index (χ1) is 35.3. The number of alkyl halides is 4. The second kappa shape index (κ2) is 20.8. The topological polar surface area (TPSA) is 169 Å². The number of carbonyl (C=O) groups excluding carboxylic acids is 4. The molecule has 4 aromatic heterocycles. The van der Waals surface area contributed by atoms with Gasteiger partial charge in [-0.2, -0.15) is 17.6 Å². The van der Waals surface area contributed by atoms with Gasteiger partial charge in [0.1, 0.15) is 23.0 Å². The van der Waals surface area contributed by atoms with Gasteiger partial charge >= 0.3 is 0 Å². The Bertz CT molecular complexity index is 2950. The molecule has 4 atom stereocenters. The summed E-state index contributed by atoms with van der Waals surface area (Å²) in [7, 11) is 0. The number of carbonyl (C=O) groups is 4. The quantitative estimate of drug-likeness (QED) is 0.126. The molecule has 4 amide bonds. The molecule has 18 heteroatoms. The zero-order valence-electron chi connectivity index (χ0n) is 41.8. The van der Waals surface area contributed by atoms with Gasteiger partial charge in [-0.05, 0) is 135 Å². The standard InChI is InChI=1S/2C28H28F2N4O3/c2*1-4-34-25-22(20-8-10-37-15-23(20)27(34)36)11-18(14-32-25)21-13-19(6-5-16(21)2)33-26(35)17-7-9-31-24(12-17)28(3,29)30/h2*5-7,9,11-14,20,23H,4,8,10,15H2,1-3H3,(H,33,35)/t2*20-,23-/m10/s1. The van der Waals surface area contributed by atoms with E-state index >= 15 is 0 Å². The van der Waals surface area contributed by atoms with Crippen LogP contribution in [0.2, 0.25) is 0 Å². The minimum absolute atomic E-state index is 0.0484. The molecule has 0 radical (unpaired) electrons. The van der Waals surface area contributed by atoms with Gasteiger partial charge in [-0.15, -0.1) is 0 Å². The highest BCUT2D eigenvalue weighted by atomic mass is 19.3. The molecule has 0 bridgehead atoms. The van der Waals surface area contributed by atoms with E-state index in [4.69, 9.17) is 19.4 Å². The van der Waals surface area contributed by atoms with Gasteiger partial charge in [0.05, 0.1) is 25.0 Å². The summed E-state index contributed by atoms with van der Waals surface area (Å²) in [6.45, 7) is 12.4. The van der Waals surface area contributed by atoms with Crippen LogP contribution >= 0.6 is 0 Å². The van der Waals surface area contributed by atoms with E-state index in [9.17, 15) is 36.7 Å². The van der Waals surface area contributed by atoms with E-state index in [0.717, 1.165) is 83.3 Å². The Morgan fingerprint density at radius 3 is 1.38 bits per heavy atom. The van der Waals surface area contributed by atoms with Crippen molar-refractivity contribution in [1.29, 1.82) is 0 Å². The first kappa shape index (κ1) is 51.5. The van der Waals surface area contributed by atoms with Crippen LogP contribution in [0.1, 0.15) is 107 Å². The van der Waals surface area contributed by atoms with Gasteiger partial charge < -0.3 is 20.1 Å². The molecule has 74 heavy (non-hydrogen) atoms. The Hall–Kier alpha value is -7.44. The molecule has 6 aromatic rings. The fourth-order valence-corrected chi connectivity index (χ4v) is 10.2. The molecule has 0 spiro atoms. The predicted octanol–water partition coefficient (Wildman–Crippen LogP) is 10.6. The van der Waals surface area contributed by atoms with Gasteiger partial charge in [0.25, 0.3) is 23.7 Å². The number of amides is 4. The minimum atomic E-state index is -3.14. The summed E-state index contributed by atoms with van der Waals surface area (Å²) in [5.74, 6) is -6.13. The third-order valence-corrected chi connectivity index (χ3v) is 14.2. The number of rotatable bonds is 10. The summed E-state index contributed by atoms with van der Waals surface area (Å²) >= 11 is 0. The number of benzene rings is 2. The van der Waals surface area contributed by atoms with Gasteiger partial charge in [0.15, 0.2) is 0 Å². The van der Waals surface area contributed by atoms with Crippen molar-refractivity contribution >= 4 is 46.6 Å². The molecule has 2 saturated heterocycles. The maximum Gasteiger partial charge on any atom is 0.286 e. The van der Waals surface area contributed by atoms with Gasteiger partial charge in [-0.3, -0.25) is 38.9 Å². The number of halogens is 4. The maximum absolute atomic E-state index is 13.7. The van der Waals surface area contributed by atoms with Crippen molar-refractivity contribution in [3.05, 3.63) is 142 Å². The van der Waals surface area contributed by atoms with Crippen molar-refractivity contribution in [2.75, 3.05) is 60.0 Å². The molecule has 384 valence electrons. The van der Waals surface area contributed by atoms with E-state index < -0.39 is 35.0 Å². The summed E-state index contributed by atoms with van der Waals surface area (Å²) < 4.78 is 65.9. The van der Waals surface area contributed by atoms with Crippen LogP contribution in [0.4, 0.5) is 40.6 Å². The second-order valence-electron chi connectivity index (χ2n) is 19.2. The number of anilines is 4. The van der Waals surface area contributed by atoms with Crippen molar-refractivity contribution in [2.45, 2.75) is 78.1 Å². The van der Waals surface area contributed by atoms with Gasteiger partial charge in [-0.25, -0.2) is 9.97 Å². The first-order valence-corrected chi connectivity index (χ1v) is 24.7. The molecule has 0 aliphatic carbocycles. The van der Waals surface area contributed by atoms with E-state index in [-0.39, 0.29) is 46.6 Å². The van der Waals surface area contributed by atoms with Crippen molar-refractivity contribution in [3.8, 4) is 22.3 Å². The summed E-state index contributed by atoms with van der Waals surface area (Å²) in [6.07, 6.45) is 7.42. The fraction of sp³-hybridized carbons (Fsp3) is 0.357. The van der Waals surface area contributed by atoms with Crippen molar-refractivity contribution in [1.82, 2.24) is 19.9 Å². The lowest BCUT2D eigenvalue weighted by atomic mass is 9.78. The number of aryl methyl sites for hydroxylation is 2. The van der Waals surface area contributed by atoms with Crippen LogP contribution in [0.15, 0.2) is 97.6 Å². The molecule has 10 rings (SSSR count). The molecular formula is C56H56F4N8O6.